The molecule has 2 atom stereocenters. The van der Waals surface area contributed by atoms with Crippen LogP contribution in [0.5, 0.6) is 0 Å². The third-order valence-corrected chi connectivity index (χ3v) is 5.38. The van der Waals surface area contributed by atoms with Crippen LogP contribution in [0.2, 0.25) is 0 Å². The molecule has 0 radical (unpaired) electrons. The molecule has 3 rings (SSSR count). The molecule has 1 N–H and O–H groups in total. The number of carbonyl (C=O) groups excluding carboxylic acids is 1. The quantitative estimate of drug-likeness (QED) is 0.928. The minimum absolute atomic E-state index is 0.160. The molecule has 21 heavy (non-hydrogen) atoms. The van der Waals surface area contributed by atoms with Gasteiger partial charge in [-0.15, -0.1) is 0 Å². The number of carbonyl (C=O) groups is 1. The molecule has 0 spiro atoms. The Morgan fingerprint density at radius 3 is 2.90 bits per heavy atom. The Bertz CT molecular complexity index is 528. The van der Waals surface area contributed by atoms with Gasteiger partial charge < -0.3 is 14.8 Å². The summed E-state index contributed by atoms with van der Waals surface area (Å²) < 4.78 is 2.35. The van der Waals surface area contributed by atoms with Gasteiger partial charge in [-0.3, -0.25) is 4.79 Å². The van der Waals surface area contributed by atoms with Crippen molar-refractivity contribution >= 4 is 5.91 Å². The van der Waals surface area contributed by atoms with Gasteiger partial charge in [0.15, 0.2) is 0 Å². The molecule has 0 aliphatic carbocycles. The number of hydrogen-bond acceptors (Lipinski definition) is 2. The maximum atomic E-state index is 13.2. The van der Waals surface area contributed by atoms with E-state index in [-0.39, 0.29) is 11.5 Å². The van der Waals surface area contributed by atoms with E-state index in [2.05, 4.69) is 47.7 Å². The standard InChI is InChI=1S/C17H27N3O/c1-4-7-17(8-9-18-12-17)16(21)20-11-10-19-13(2)5-6-15(19)14(20)3/h5-6,14,18H,4,7-12H2,1-3H3. The molecule has 1 aromatic rings. The van der Waals surface area contributed by atoms with E-state index in [1.165, 1.54) is 11.4 Å². The summed E-state index contributed by atoms with van der Waals surface area (Å²) in [5.41, 5.74) is 2.42. The minimum Gasteiger partial charge on any atom is -0.345 e. The second kappa shape index (κ2) is 5.48. The van der Waals surface area contributed by atoms with Gasteiger partial charge in [0.05, 0.1) is 11.5 Å². The third-order valence-electron chi connectivity index (χ3n) is 5.38. The van der Waals surface area contributed by atoms with Gasteiger partial charge in [0, 0.05) is 31.0 Å². The summed E-state index contributed by atoms with van der Waals surface area (Å²) in [6.45, 7) is 10.1. The van der Waals surface area contributed by atoms with E-state index in [1.807, 2.05) is 0 Å². The second-order valence-corrected chi connectivity index (χ2v) is 6.68. The summed E-state index contributed by atoms with van der Waals surface area (Å²) in [4.78, 5) is 15.3. The van der Waals surface area contributed by atoms with Crippen molar-refractivity contribution in [3.63, 3.8) is 0 Å². The molecule has 1 fully saturated rings. The molecule has 0 bridgehead atoms. The van der Waals surface area contributed by atoms with Crippen molar-refractivity contribution in [3.05, 3.63) is 23.5 Å². The first-order valence-corrected chi connectivity index (χ1v) is 8.27. The van der Waals surface area contributed by atoms with Crippen LogP contribution < -0.4 is 5.32 Å². The molecule has 4 heteroatoms. The lowest BCUT2D eigenvalue weighted by Crippen LogP contribution is -2.49. The van der Waals surface area contributed by atoms with Crippen molar-refractivity contribution in [2.45, 2.75) is 52.6 Å². The Labute approximate surface area is 127 Å². The molecule has 2 aliphatic rings. The molecular weight excluding hydrogens is 262 g/mol. The van der Waals surface area contributed by atoms with E-state index in [1.54, 1.807) is 0 Å². The van der Waals surface area contributed by atoms with E-state index in [4.69, 9.17) is 0 Å². The van der Waals surface area contributed by atoms with Crippen molar-refractivity contribution in [1.29, 1.82) is 0 Å². The molecule has 2 unspecified atom stereocenters. The fourth-order valence-corrected chi connectivity index (χ4v) is 4.13. The molecule has 116 valence electrons. The normalized spacial score (nSPS) is 28.7. The fourth-order valence-electron chi connectivity index (χ4n) is 4.13. The zero-order valence-electron chi connectivity index (χ0n) is 13.5. The van der Waals surface area contributed by atoms with Gasteiger partial charge in [0.2, 0.25) is 5.91 Å². The van der Waals surface area contributed by atoms with Gasteiger partial charge in [-0.1, -0.05) is 13.3 Å². The van der Waals surface area contributed by atoms with Crippen LogP contribution in [0.4, 0.5) is 0 Å². The summed E-state index contributed by atoms with van der Waals surface area (Å²) in [5, 5.41) is 3.40. The summed E-state index contributed by atoms with van der Waals surface area (Å²) in [7, 11) is 0. The van der Waals surface area contributed by atoms with Crippen molar-refractivity contribution in [3.8, 4) is 0 Å². The van der Waals surface area contributed by atoms with Gasteiger partial charge in [0.25, 0.3) is 0 Å². The van der Waals surface area contributed by atoms with Crippen LogP contribution in [0.25, 0.3) is 0 Å². The van der Waals surface area contributed by atoms with Crippen LogP contribution in [0.3, 0.4) is 0 Å². The van der Waals surface area contributed by atoms with E-state index in [0.29, 0.717) is 5.91 Å². The smallest absolute Gasteiger partial charge is 0.230 e. The van der Waals surface area contributed by atoms with Crippen molar-refractivity contribution in [1.82, 2.24) is 14.8 Å². The van der Waals surface area contributed by atoms with Gasteiger partial charge in [-0.25, -0.2) is 0 Å². The highest BCUT2D eigenvalue weighted by molar-refractivity contribution is 5.84. The Hall–Kier alpha value is -1.29. The highest BCUT2D eigenvalue weighted by Crippen LogP contribution is 2.37. The van der Waals surface area contributed by atoms with E-state index in [0.717, 1.165) is 45.4 Å². The maximum Gasteiger partial charge on any atom is 0.230 e. The zero-order valence-corrected chi connectivity index (χ0v) is 13.5. The van der Waals surface area contributed by atoms with Gasteiger partial charge in [-0.2, -0.15) is 0 Å². The van der Waals surface area contributed by atoms with E-state index >= 15 is 0 Å². The predicted molar refractivity (Wildman–Crippen MR) is 84.1 cm³/mol. The average Bonchev–Trinajstić information content (AvgIpc) is 3.08. The SMILES string of the molecule is CCCC1(C(=O)N2CCn3c(C)ccc3C2C)CCNC1. The molecule has 4 nitrogen and oxygen atoms in total. The monoisotopic (exact) mass is 289 g/mol. The van der Waals surface area contributed by atoms with Crippen molar-refractivity contribution in [2.24, 2.45) is 5.41 Å². The lowest BCUT2D eigenvalue weighted by molar-refractivity contribution is -0.145. The molecule has 1 saturated heterocycles. The van der Waals surface area contributed by atoms with E-state index < -0.39 is 0 Å². The first-order valence-electron chi connectivity index (χ1n) is 8.27. The summed E-state index contributed by atoms with van der Waals surface area (Å²) in [5.74, 6) is 0.368. The number of nitrogens with zero attached hydrogens (tertiary/aromatic N) is 2. The highest BCUT2D eigenvalue weighted by atomic mass is 16.2. The van der Waals surface area contributed by atoms with Crippen LogP contribution >= 0.6 is 0 Å². The van der Waals surface area contributed by atoms with Gasteiger partial charge in [0.1, 0.15) is 0 Å². The average molecular weight is 289 g/mol. The van der Waals surface area contributed by atoms with Crippen LogP contribution in [-0.4, -0.2) is 35.0 Å². The summed E-state index contributed by atoms with van der Waals surface area (Å²) in [6.07, 6.45) is 3.07. The Morgan fingerprint density at radius 1 is 1.43 bits per heavy atom. The summed E-state index contributed by atoms with van der Waals surface area (Å²) >= 11 is 0. The molecule has 3 heterocycles. The third kappa shape index (κ3) is 2.30. The number of nitrogens with one attached hydrogen (secondary N) is 1. The molecule has 1 amide bonds. The van der Waals surface area contributed by atoms with Crippen molar-refractivity contribution in [2.75, 3.05) is 19.6 Å². The van der Waals surface area contributed by atoms with Crippen LogP contribution in [0.15, 0.2) is 12.1 Å². The minimum atomic E-state index is -0.160. The lowest BCUT2D eigenvalue weighted by Gasteiger charge is -2.41. The number of amides is 1. The summed E-state index contributed by atoms with van der Waals surface area (Å²) in [6, 6.07) is 4.53. The number of hydrogen-bond donors (Lipinski definition) is 1. The largest absolute Gasteiger partial charge is 0.345 e. The van der Waals surface area contributed by atoms with Gasteiger partial charge in [-0.05, 0) is 45.4 Å². The Kier molecular flexibility index (Phi) is 3.82. The fraction of sp³-hybridized carbons (Fsp3) is 0.706. The lowest BCUT2D eigenvalue weighted by atomic mass is 9.80. The molecule has 1 aromatic heterocycles. The maximum absolute atomic E-state index is 13.2. The van der Waals surface area contributed by atoms with Crippen LogP contribution in [-0.2, 0) is 11.3 Å². The predicted octanol–water partition coefficient (Wildman–Crippen LogP) is 2.48. The highest BCUT2D eigenvalue weighted by Gasteiger charge is 2.44. The number of aromatic nitrogens is 1. The van der Waals surface area contributed by atoms with E-state index in [9.17, 15) is 4.79 Å². The molecule has 0 aromatic carbocycles. The molecule has 2 aliphatic heterocycles. The first-order chi connectivity index (χ1) is 10.1. The number of rotatable bonds is 3. The number of aryl methyl sites for hydroxylation is 1. The zero-order chi connectivity index (χ0) is 15.0. The van der Waals surface area contributed by atoms with Gasteiger partial charge >= 0.3 is 0 Å². The first kappa shape index (κ1) is 14.6. The molecular formula is C17H27N3O. The Morgan fingerprint density at radius 2 is 2.24 bits per heavy atom. The van der Waals surface area contributed by atoms with Crippen molar-refractivity contribution < 1.29 is 4.79 Å². The topological polar surface area (TPSA) is 37.3 Å². The number of fused-ring (bicyclic) bond motifs is 1. The van der Waals surface area contributed by atoms with Crippen LogP contribution in [0.1, 0.15) is 50.5 Å². The second-order valence-electron chi connectivity index (χ2n) is 6.68. The Balaban J connectivity index is 1.85. The molecule has 0 saturated carbocycles. The van der Waals surface area contributed by atoms with Crippen LogP contribution in [0, 0.1) is 12.3 Å².